The van der Waals surface area contributed by atoms with Crippen molar-refractivity contribution in [2.75, 3.05) is 5.75 Å². The van der Waals surface area contributed by atoms with Gasteiger partial charge >= 0.3 is 5.97 Å². The van der Waals surface area contributed by atoms with Crippen LogP contribution in [0.2, 0.25) is 0 Å². The van der Waals surface area contributed by atoms with Gasteiger partial charge in [-0.15, -0.1) is 11.8 Å². The van der Waals surface area contributed by atoms with Crippen LogP contribution in [0.25, 0.3) is 0 Å². The molecule has 0 fully saturated rings. The number of carbonyl (C=O) groups is 1. The second kappa shape index (κ2) is 6.92. The summed E-state index contributed by atoms with van der Waals surface area (Å²) in [6.45, 7) is 0. The minimum atomic E-state index is -1.06. The zero-order valence-electron chi connectivity index (χ0n) is 9.15. The first-order chi connectivity index (χ1) is 8.15. The Bertz CT molecular complexity index is 443. The molecule has 5 heteroatoms. The number of carboxylic acids is 1. The van der Waals surface area contributed by atoms with Crippen LogP contribution >= 0.6 is 11.8 Å². The third-order valence-electron chi connectivity index (χ3n) is 2.12. The zero-order valence-corrected chi connectivity index (χ0v) is 9.97. The van der Waals surface area contributed by atoms with Crippen molar-refractivity contribution in [2.45, 2.75) is 24.2 Å². The first-order valence-corrected chi connectivity index (χ1v) is 6.16. The maximum Gasteiger partial charge on any atom is 0.335 e. The highest BCUT2D eigenvalue weighted by Gasteiger charge is 2.08. The normalized spacial score (nSPS) is 9.88. The summed E-state index contributed by atoms with van der Waals surface area (Å²) in [5, 5.41) is 17.1. The Morgan fingerprint density at radius 3 is 2.88 bits per heavy atom. The van der Waals surface area contributed by atoms with E-state index in [9.17, 15) is 9.18 Å². The highest BCUT2D eigenvalue weighted by Crippen LogP contribution is 2.24. The summed E-state index contributed by atoms with van der Waals surface area (Å²) in [5.41, 5.74) is 0.0888. The van der Waals surface area contributed by atoms with Crippen molar-refractivity contribution in [1.29, 1.82) is 5.26 Å². The van der Waals surface area contributed by atoms with Crippen LogP contribution < -0.4 is 0 Å². The van der Waals surface area contributed by atoms with Gasteiger partial charge in [-0.1, -0.05) is 0 Å². The van der Waals surface area contributed by atoms with Crippen LogP contribution in [0.4, 0.5) is 4.39 Å². The number of carboxylic acid groups (broad SMARTS) is 1. The summed E-state index contributed by atoms with van der Waals surface area (Å²) >= 11 is 1.28. The number of hydrogen-bond acceptors (Lipinski definition) is 3. The summed E-state index contributed by atoms with van der Waals surface area (Å²) in [7, 11) is 0. The average molecular weight is 253 g/mol. The molecule has 17 heavy (non-hydrogen) atoms. The van der Waals surface area contributed by atoms with Gasteiger partial charge in [-0.05, 0) is 36.8 Å². The van der Waals surface area contributed by atoms with Crippen LogP contribution in [0.15, 0.2) is 23.1 Å². The lowest BCUT2D eigenvalue weighted by molar-refractivity contribution is 0.0696. The lowest BCUT2D eigenvalue weighted by Crippen LogP contribution is -1.97. The fraction of sp³-hybridized carbons (Fsp3) is 0.333. The van der Waals surface area contributed by atoms with E-state index in [1.165, 1.54) is 30.0 Å². The molecule has 90 valence electrons. The molecule has 1 N–H and O–H groups in total. The minimum absolute atomic E-state index is 0.0888. The first kappa shape index (κ1) is 13.5. The number of halogens is 1. The number of nitriles is 1. The SMILES string of the molecule is N#CCCCCSc1cc(C(=O)O)ccc1F. The molecule has 1 rings (SSSR count). The van der Waals surface area contributed by atoms with E-state index in [1.807, 2.05) is 6.07 Å². The zero-order chi connectivity index (χ0) is 12.7. The highest BCUT2D eigenvalue weighted by atomic mass is 32.2. The Morgan fingerprint density at radius 1 is 1.47 bits per heavy atom. The van der Waals surface area contributed by atoms with E-state index in [-0.39, 0.29) is 5.56 Å². The molecule has 0 aliphatic rings. The second-order valence-electron chi connectivity index (χ2n) is 3.41. The van der Waals surface area contributed by atoms with Gasteiger partial charge in [-0.2, -0.15) is 5.26 Å². The van der Waals surface area contributed by atoms with Crippen molar-refractivity contribution < 1.29 is 14.3 Å². The summed E-state index contributed by atoms with van der Waals surface area (Å²) < 4.78 is 13.3. The van der Waals surface area contributed by atoms with E-state index in [0.29, 0.717) is 17.1 Å². The number of rotatable bonds is 6. The fourth-order valence-electron chi connectivity index (χ4n) is 1.24. The van der Waals surface area contributed by atoms with Gasteiger partial charge in [0.25, 0.3) is 0 Å². The third-order valence-corrected chi connectivity index (χ3v) is 3.24. The predicted octanol–water partition coefficient (Wildman–Crippen LogP) is 3.31. The average Bonchev–Trinajstić information content (AvgIpc) is 2.30. The largest absolute Gasteiger partial charge is 0.478 e. The van der Waals surface area contributed by atoms with Crippen LogP contribution in [0, 0.1) is 17.1 Å². The van der Waals surface area contributed by atoms with Crippen molar-refractivity contribution in [3.63, 3.8) is 0 Å². The molecule has 0 aliphatic carbocycles. The molecule has 0 atom stereocenters. The van der Waals surface area contributed by atoms with Crippen LogP contribution in [-0.2, 0) is 0 Å². The fourth-order valence-corrected chi connectivity index (χ4v) is 2.22. The molecule has 0 amide bonds. The van der Waals surface area contributed by atoms with Gasteiger partial charge < -0.3 is 5.11 Å². The van der Waals surface area contributed by atoms with Gasteiger partial charge in [0, 0.05) is 11.3 Å². The Balaban J connectivity index is 2.55. The number of unbranched alkanes of at least 4 members (excludes halogenated alkanes) is 2. The molecule has 0 saturated heterocycles. The molecule has 0 aromatic heterocycles. The number of benzene rings is 1. The monoisotopic (exact) mass is 253 g/mol. The Hall–Kier alpha value is -1.54. The van der Waals surface area contributed by atoms with Crippen LogP contribution in [-0.4, -0.2) is 16.8 Å². The maximum absolute atomic E-state index is 13.3. The van der Waals surface area contributed by atoms with Crippen LogP contribution in [0.1, 0.15) is 29.6 Å². The van der Waals surface area contributed by atoms with Crippen molar-refractivity contribution in [2.24, 2.45) is 0 Å². The van der Waals surface area contributed by atoms with Crippen molar-refractivity contribution in [3.8, 4) is 6.07 Å². The summed E-state index contributed by atoms with van der Waals surface area (Å²) in [4.78, 5) is 11.1. The number of hydrogen-bond donors (Lipinski definition) is 1. The Kier molecular flexibility index (Phi) is 5.50. The van der Waals surface area contributed by atoms with Gasteiger partial charge in [0.05, 0.1) is 11.6 Å². The summed E-state index contributed by atoms with van der Waals surface area (Å²) in [6.07, 6.45) is 2.09. The quantitative estimate of drug-likeness (QED) is 0.624. The van der Waals surface area contributed by atoms with E-state index in [1.54, 1.807) is 0 Å². The van der Waals surface area contributed by atoms with Crippen LogP contribution in [0.5, 0.6) is 0 Å². The molecule has 0 radical (unpaired) electrons. The summed E-state index contributed by atoms with van der Waals surface area (Å²) in [5.74, 6) is -0.779. The molecule has 1 aromatic rings. The van der Waals surface area contributed by atoms with E-state index in [2.05, 4.69) is 0 Å². The molecular weight excluding hydrogens is 241 g/mol. The van der Waals surface area contributed by atoms with E-state index in [4.69, 9.17) is 10.4 Å². The Labute approximate surface area is 103 Å². The standard InChI is InChI=1S/C12H12FNO2S/c13-10-5-4-9(12(15)16)8-11(10)17-7-3-1-2-6-14/h4-5,8H,1-3,7H2,(H,15,16). The molecule has 0 aliphatic heterocycles. The van der Waals surface area contributed by atoms with Crippen molar-refractivity contribution >= 4 is 17.7 Å². The molecule has 3 nitrogen and oxygen atoms in total. The first-order valence-electron chi connectivity index (χ1n) is 5.17. The third kappa shape index (κ3) is 4.45. The molecule has 1 aromatic carbocycles. The second-order valence-corrected chi connectivity index (χ2v) is 4.55. The minimum Gasteiger partial charge on any atom is -0.478 e. The number of thioether (sulfide) groups is 1. The highest BCUT2D eigenvalue weighted by molar-refractivity contribution is 7.99. The van der Waals surface area contributed by atoms with E-state index in [0.717, 1.165) is 12.8 Å². The van der Waals surface area contributed by atoms with Crippen molar-refractivity contribution in [1.82, 2.24) is 0 Å². The topological polar surface area (TPSA) is 61.1 Å². The van der Waals surface area contributed by atoms with Gasteiger partial charge in [-0.3, -0.25) is 0 Å². The van der Waals surface area contributed by atoms with Gasteiger partial charge in [0.1, 0.15) is 5.82 Å². The van der Waals surface area contributed by atoms with Gasteiger partial charge in [0.15, 0.2) is 0 Å². The lowest BCUT2D eigenvalue weighted by atomic mass is 10.2. The predicted molar refractivity (Wildman–Crippen MR) is 63.5 cm³/mol. The summed E-state index contributed by atoms with van der Waals surface area (Å²) in [6, 6.07) is 5.80. The Morgan fingerprint density at radius 2 is 2.24 bits per heavy atom. The molecular formula is C12H12FNO2S. The molecule has 0 spiro atoms. The molecule has 0 heterocycles. The molecule has 0 saturated carbocycles. The van der Waals surface area contributed by atoms with Crippen LogP contribution in [0.3, 0.4) is 0 Å². The molecule has 0 bridgehead atoms. The maximum atomic E-state index is 13.3. The van der Waals surface area contributed by atoms with Crippen molar-refractivity contribution in [3.05, 3.63) is 29.6 Å². The number of nitrogens with zero attached hydrogens (tertiary/aromatic N) is 1. The van der Waals surface area contributed by atoms with E-state index < -0.39 is 11.8 Å². The number of aromatic carboxylic acids is 1. The smallest absolute Gasteiger partial charge is 0.335 e. The molecule has 0 unspecified atom stereocenters. The van der Waals surface area contributed by atoms with E-state index >= 15 is 0 Å². The van der Waals surface area contributed by atoms with Gasteiger partial charge in [0.2, 0.25) is 0 Å². The van der Waals surface area contributed by atoms with Gasteiger partial charge in [-0.25, -0.2) is 9.18 Å². The lowest BCUT2D eigenvalue weighted by Gasteiger charge is -2.03.